The summed E-state index contributed by atoms with van der Waals surface area (Å²) in [6.07, 6.45) is 1.74. The van der Waals surface area contributed by atoms with Gasteiger partial charge in [0.25, 0.3) is 0 Å². The molecule has 0 unspecified atom stereocenters. The Morgan fingerprint density at radius 1 is 1.27 bits per heavy atom. The topological polar surface area (TPSA) is 75.0 Å². The van der Waals surface area contributed by atoms with Gasteiger partial charge in [-0.1, -0.05) is 30.8 Å². The number of pyridine rings is 1. The molecule has 5 heteroatoms. The summed E-state index contributed by atoms with van der Waals surface area (Å²) < 4.78 is 4.90. The number of ether oxygens (including phenoxy) is 1. The Bertz CT molecular complexity index is 1020. The second-order valence-corrected chi connectivity index (χ2v) is 5.70. The monoisotopic (exact) mass is 343 g/mol. The molecule has 1 heterocycles. The number of aromatic nitrogens is 1. The van der Waals surface area contributed by atoms with Gasteiger partial charge in [0.1, 0.15) is 0 Å². The fourth-order valence-corrected chi connectivity index (χ4v) is 2.72. The minimum Gasteiger partial charge on any atom is -0.465 e. The van der Waals surface area contributed by atoms with E-state index in [9.17, 15) is 4.79 Å². The van der Waals surface area contributed by atoms with Gasteiger partial charge in [-0.2, -0.15) is 5.26 Å². The van der Waals surface area contributed by atoms with Crippen molar-refractivity contribution < 1.29 is 9.53 Å². The number of fused-ring (bicyclic) bond motifs is 1. The van der Waals surface area contributed by atoms with Gasteiger partial charge in [0.2, 0.25) is 0 Å². The van der Waals surface area contributed by atoms with E-state index in [1.54, 1.807) is 12.3 Å². The van der Waals surface area contributed by atoms with Gasteiger partial charge in [0.05, 0.1) is 30.1 Å². The molecule has 0 aliphatic carbocycles. The summed E-state index contributed by atoms with van der Waals surface area (Å²) >= 11 is 0. The van der Waals surface area contributed by atoms with Crippen molar-refractivity contribution in [1.82, 2.24) is 4.98 Å². The van der Waals surface area contributed by atoms with Crippen LogP contribution in [0.15, 0.2) is 66.9 Å². The maximum absolute atomic E-state index is 12.2. The number of hydrogen-bond donors (Lipinski definition) is 1. The highest BCUT2D eigenvalue weighted by atomic mass is 16.5. The lowest BCUT2D eigenvalue weighted by Crippen LogP contribution is -2.10. The lowest BCUT2D eigenvalue weighted by Gasteiger charge is -2.14. The van der Waals surface area contributed by atoms with Crippen molar-refractivity contribution in [3.8, 4) is 17.3 Å². The fraction of sp³-hybridized carbons (Fsp3) is 0.0952. The zero-order valence-corrected chi connectivity index (χ0v) is 14.3. The van der Waals surface area contributed by atoms with Crippen molar-refractivity contribution in [2.45, 2.75) is 0 Å². The number of carbonyl (C=O) groups is 1. The number of benzene rings is 2. The summed E-state index contributed by atoms with van der Waals surface area (Å²) in [6, 6.07) is 17.2. The maximum Gasteiger partial charge on any atom is 0.339 e. The largest absolute Gasteiger partial charge is 0.465 e. The molecule has 3 rings (SSSR count). The van der Waals surface area contributed by atoms with E-state index in [2.05, 4.69) is 16.9 Å². The van der Waals surface area contributed by atoms with Gasteiger partial charge in [0.15, 0.2) is 0 Å². The van der Waals surface area contributed by atoms with Gasteiger partial charge in [-0.15, -0.1) is 0 Å². The number of anilines is 1. The van der Waals surface area contributed by atoms with Crippen molar-refractivity contribution in [1.29, 1.82) is 5.26 Å². The van der Waals surface area contributed by atoms with Crippen molar-refractivity contribution in [2.24, 2.45) is 0 Å². The van der Waals surface area contributed by atoms with Gasteiger partial charge in [-0.3, -0.25) is 4.98 Å². The van der Waals surface area contributed by atoms with Crippen LogP contribution < -0.4 is 5.32 Å². The molecule has 0 aliphatic rings. The zero-order chi connectivity index (χ0) is 18.5. The Balaban J connectivity index is 2.17. The highest BCUT2D eigenvalue weighted by Gasteiger charge is 2.16. The van der Waals surface area contributed by atoms with E-state index >= 15 is 0 Å². The van der Waals surface area contributed by atoms with Crippen LogP contribution in [-0.4, -0.2) is 24.6 Å². The molecule has 1 N–H and O–H groups in total. The van der Waals surface area contributed by atoms with E-state index in [0.29, 0.717) is 16.8 Å². The summed E-state index contributed by atoms with van der Waals surface area (Å²) in [7, 11) is 1.34. The van der Waals surface area contributed by atoms with Crippen LogP contribution in [-0.2, 0) is 4.74 Å². The third-order valence-electron chi connectivity index (χ3n) is 4.02. The van der Waals surface area contributed by atoms with E-state index in [-0.39, 0.29) is 6.54 Å². The smallest absolute Gasteiger partial charge is 0.339 e. The Kier molecular flexibility index (Phi) is 4.95. The van der Waals surface area contributed by atoms with E-state index < -0.39 is 5.97 Å². The first kappa shape index (κ1) is 17.2. The van der Waals surface area contributed by atoms with Crippen molar-refractivity contribution in [2.75, 3.05) is 19.0 Å². The second kappa shape index (κ2) is 7.49. The molecule has 0 saturated heterocycles. The molecule has 0 saturated carbocycles. The minimum atomic E-state index is -0.444. The average Bonchev–Trinajstić information content (AvgIpc) is 2.71. The predicted molar refractivity (Wildman–Crippen MR) is 102 cm³/mol. The Hall–Kier alpha value is -3.65. The molecule has 0 radical (unpaired) electrons. The van der Waals surface area contributed by atoms with Crippen molar-refractivity contribution >= 4 is 22.4 Å². The lowest BCUT2D eigenvalue weighted by molar-refractivity contribution is 0.0602. The number of methoxy groups -OCH3 is 1. The average molecular weight is 343 g/mol. The number of esters is 1. The van der Waals surface area contributed by atoms with Crippen LogP contribution in [0.5, 0.6) is 0 Å². The predicted octanol–water partition coefficient (Wildman–Crippen LogP) is 4.18. The first-order valence-corrected chi connectivity index (χ1v) is 8.02. The fourth-order valence-electron chi connectivity index (χ4n) is 2.72. The molecule has 0 fully saturated rings. The Morgan fingerprint density at radius 2 is 2.08 bits per heavy atom. The van der Waals surface area contributed by atoms with Crippen molar-refractivity contribution in [3.63, 3.8) is 0 Å². The molecule has 0 spiro atoms. The van der Waals surface area contributed by atoms with Gasteiger partial charge in [-0.25, -0.2) is 4.79 Å². The minimum absolute atomic E-state index is 0.243. The second-order valence-electron chi connectivity index (χ2n) is 5.70. The van der Waals surface area contributed by atoms with Crippen LogP contribution in [0, 0.1) is 11.3 Å². The summed E-state index contributed by atoms with van der Waals surface area (Å²) in [4.78, 5) is 16.6. The zero-order valence-electron chi connectivity index (χ0n) is 14.3. The first-order valence-electron chi connectivity index (χ1n) is 8.02. The molecule has 0 aliphatic heterocycles. The molecule has 2 aromatic carbocycles. The van der Waals surface area contributed by atoms with Crippen LogP contribution in [0.3, 0.4) is 0 Å². The molecule has 0 bridgehead atoms. The Labute approximate surface area is 151 Å². The molecule has 0 atom stereocenters. The van der Waals surface area contributed by atoms with Gasteiger partial charge in [-0.05, 0) is 29.7 Å². The molecule has 5 nitrogen and oxygen atoms in total. The number of nitrogens with zero attached hydrogens (tertiary/aromatic N) is 2. The molecular formula is C21H17N3O2. The molecule has 1 aromatic heterocycles. The standard InChI is InChI=1S/C21H17N3O2/c1-14(12-22)13-24-20-17(21(25)26-2)9-8-15-6-7-16(11-18(15)20)19-5-3-4-10-23-19/h3-11,24H,1,13H2,2H3. The van der Waals surface area contributed by atoms with Gasteiger partial charge in [0, 0.05) is 29.3 Å². The third-order valence-corrected chi connectivity index (χ3v) is 4.02. The molecule has 3 aromatic rings. The maximum atomic E-state index is 12.2. The number of nitriles is 1. The highest BCUT2D eigenvalue weighted by Crippen LogP contribution is 2.32. The molecule has 0 amide bonds. The number of hydrogen-bond acceptors (Lipinski definition) is 5. The molecular weight excluding hydrogens is 326 g/mol. The van der Waals surface area contributed by atoms with E-state index in [4.69, 9.17) is 10.00 Å². The van der Waals surface area contributed by atoms with Crippen LogP contribution in [0.1, 0.15) is 10.4 Å². The molecule has 26 heavy (non-hydrogen) atoms. The molecule has 128 valence electrons. The summed E-state index contributed by atoms with van der Waals surface area (Å²) in [5.74, 6) is -0.444. The first-order chi connectivity index (χ1) is 12.6. The summed E-state index contributed by atoms with van der Waals surface area (Å²) in [6.45, 7) is 3.92. The SMILES string of the molecule is C=C(C#N)CNc1c(C(=O)OC)ccc2ccc(-c3ccccn3)cc12. The van der Waals surface area contributed by atoms with E-state index in [1.165, 1.54) is 7.11 Å². The number of nitrogens with one attached hydrogen (secondary N) is 1. The number of rotatable bonds is 5. The van der Waals surface area contributed by atoms with Crippen LogP contribution in [0.25, 0.3) is 22.0 Å². The van der Waals surface area contributed by atoms with E-state index in [1.807, 2.05) is 48.5 Å². The third kappa shape index (κ3) is 3.40. The van der Waals surface area contributed by atoms with Crippen molar-refractivity contribution in [3.05, 3.63) is 72.4 Å². The van der Waals surface area contributed by atoms with Crippen LogP contribution in [0.2, 0.25) is 0 Å². The summed E-state index contributed by atoms with van der Waals surface area (Å²) in [5, 5.41) is 13.9. The van der Waals surface area contributed by atoms with Gasteiger partial charge < -0.3 is 10.1 Å². The lowest BCUT2D eigenvalue weighted by atomic mass is 9.99. The summed E-state index contributed by atoms with van der Waals surface area (Å²) in [5.41, 5.74) is 3.17. The Morgan fingerprint density at radius 3 is 2.77 bits per heavy atom. The van der Waals surface area contributed by atoms with E-state index in [0.717, 1.165) is 22.0 Å². The normalized spacial score (nSPS) is 10.2. The van der Waals surface area contributed by atoms with Crippen LogP contribution in [0.4, 0.5) is 5.69 Å². The van der Waals surface area contributed by atoms with Crippen LogP contribution >= 0.6 is 0 Å². The van der Waals surface area contributed by atoms with Gasteiger partial charge >= 0.3 is 5.97 Å². The highest BCUT2D eigenvalue weighted by molar-refractivity contribution is 6.07. The quantitative estimate of drug-likeness (QED) is 0.555. The number of carbonyl (C=O) groups excluding carboxylic acids is 1.